The minimum absolute atomic E-state index is 0.0756. The highest BCUT2D eigenvalue weighted by atomic mass is 16.1. The average molecular weight is 360 g/mol. The van der Waals surface area contributed by atoms with Crippen LogP contribution in [0.3, 0.4) is 0 Å². The summed E-state index contributed by atoms with van der Waals surface area (Å²) in [6, 6.07) is 13.9. The average Bonchev–Trinajstić information content (AvgIpc) is 2.63. The number of aromatic nitrogens is 2. The van der Waals surface area contributed by atoms with E-state index in [1.807, 2.05) is 51.1 Å². The van der Waals surface area contributed by atoms with Crippen LogP contribution in [0.15, 0.2) is 48.7 Å². The monoisotopic (exact) mass is 360 g/mol. The number of nitrogens with zero attached hydrogens (tertiary/aromatic N) is 2. The molecule has 0 fully saturated rings. The Morgan fingerprint density at radius 3 is 2.44 bits per heavy atom. The van der Waals surface area contributed by atoms with E-state index in [4.69, 9.17) is 0 Å². The Balaban J connectivity index is 1.67. The molecule has 0 atom stereocenters. The highest BCUT2D eigenvalue weighted by Gasteiger charge is 2.09. The van der Waals surface area contributed by atoms with Crippen molar-refractivity contribution in [3.05, 3.63) is 71.2 Å². The number of carbonyl (C=O) groups is 1. The van der Waals surface area contributed by atoms with Crippen molar-refractivity contribution in [2.24, 2.45) is 0 Å². The van der Waals surface area contributed by atoms with Crippen LogP contribution in [-0.4, -0.2) is 22.4 Å². The van der Waals surface area contributed by atoms with Crippen molar-refractivity contribution in [2.75, 3.05) is 17.2 Å². The third kappa shape index (κ3) is 4.70. The molecule has 0 saturated carbocycles. The van der Waals surface area contributed by atoms with Crippen LogP contribution in [0.25, 0.3) is 11.3 Å². The van der Waals surface area contributed by atoms with Gasteiger partial charge in [0.2, 0.25) is 5.91 Å². The van der Waals surface area contributed by atoms with Crippen LogP contribution < -0.4 is 10.6 Å². The van der Waals surface area contributed by atoms with E-state index in [-0.39, 0.29) is 12.5 Å². The number of carbonyl (C=O) groups excluding carboxylic acids is 1. The van der Waals surface area contributed by atoms with Crippen LogP contribution >= 0.6 is 0 Å². The number of hydrogen-bond acceptors (Lipinski definition) is 4. The molecule has 5 nitrogen and oxygen atoms in total. The third-order valence-corrected chi connectivity index (χ3v) is 4.33. The zero-order valence-electron chi connectivity index (χ0n) is 16.1. The number of amides is 1. The van der Waals surface area contributed by atoms with Crippen LogP contribution in [0.1, 0.15) is 22.5 Å². The van der Waals surface area contributed by atoms with Crippen LogP contribution in [-0.2, 0) is 4.79 Å². The second kappa shape index (κ2) is 7.99. The summed E-state index contributed by atoms with van der Waals surface area (Å²) in [7, 11) is 0. The van der Waals surface area contributed by atoms with E-state index in [9.17, 15) is 4.79 Å². The Hall–Kier alpha value is -3.21. The molecule has 2 aromatic carbocycles. The SMILES string of the molecule is Cc1cc(C)c(NC(=O)CNc2cccc(-c3ccnc(C)n3)c2)c(C)c1. The summed E-state index contributed by atoms with van der Waals surface area (Å²) in [6.45, 7) is 8.13. The molecule has 0 bridgehead atoms. The first-order chi connectivity index (χ1) is 12.9. The quantitative estimate of drug-likeness (QED) is 0.706. The van der Waals surface area contributed by atoms with Gasteiger partial charge < -0.3 is 10.6 Å². The van der Waals surface area contributed by atoms with Gasteiger partial charge in [0.15, 0.2) is 0 Å². The summed E-state index contributed by atoms with van der Waals surface area (Å²) in [5.41, 5.74) is 6.94. The maximum atomic E-state index is 12.4. The highest BCUT2D eigenvalue weighted by Crippen LogP contribution is 2.22. The smallest absolute Gasteiger partial charge is 0.243 e. The normalized spacial score (nSPS) is 10.5. The van der Waals surface area contributed by atoms with Gasteiger partial charge in [-0.15, -0.1) is 0 Å². The molecule has 0 aliphatic carbocycles. The van der Waals surface area contributed by atoms with E-state index in [0.717, 1.165) is 39.6 Å². The maximum absolute atomic E-state index is 12.4. The van der Waals surface area contributed by atoms with Crippen molar-refractivity contribution >= 4 is 17.3 Å². The lowest BCUT2D eigenvalue weighted by atomic mass is 10.1. The van der Waals surface area contributed by atoms with Gasteiger partial charge in [-0.05, 0) is 57.0 Å². The molecule has 3 aromatic rings. The summed E-state index contributed by atoms with van der Waals surface area (Å²) >= 11 is 0. The van der Waals surface area contributed by atoms with E-state index >= 15 is 0 Å². The number of rotatable bonds is 5. The van der Waals surface area contributed by atoms with Gasteiger partial charge >= 0.3 is 0 Å². The molecule has 138 valence electrons. The molecule has 3 rings (SSSR count). The minimum Gasteiger partial charge on any atom is -0.376 e. The highest BCUT2D eigenvalue weighted by molar-refractivity contribution is 5.95. The number of benzene rings is 2. The molecular weight excluding hydrogens is 336 g/mol. The molecular formula is C22H24N4O. The summed E-state index contributed by atoms with van der Waals surface area (Å²) in [6.07, 6.45) is 1.75. The summed E-state index contributed by atoms with van der Waals surface area (Å²) in [4.78, 5) is 21.0. The van der Waals surface area contributed by atoms with Crippen molar-refractivity contribution in [2.45, 2.75) is 27.7 Å². The predicted molar refractivity (Wildman–Crippen MR) is 110 cm³/mol. The lowest BCUT2D eigenvalue weighted by molar-refractivity contribution is -0.114. The van der Waals surface area contributed by atoms with Gasteiger partial charge in [-0.25, -0.2) is 9.97 Å². The molecule has 1 heterocycles. The van der Waals surface area contributed by atoms with Gasteiger partial charge in [0.1, 0.15) is 5.82 Å². The molecule has 2 N–H and O–H groups in total. The van der Waals surface area contributed by atoms with Crippen molar-refractivity contribution < 1.29 is 4.79 Å². The Morgan fingerprint density at radius 1 is 1.00 bits per heavy atom. The van der Waals surface area contributed by atoms with E-state index in [1.54, 1.807) is 6.20 Å². The Bertz CT molecular complexity index is 959. The van der Waals surface area contributed by atoms with E-state index in [2.05, 4.69) is 39.7 Å². The first-order valence-corrected chi connectivity index (χ1v) is 8.94. The zero-order chi connectivity index (χ0) is 19.4. The van der Waals surface area contributed by atoms with Gasteiger partial charge in [0, 0.05) is 23.1 Å². The van der Waals surface area contributed by atoms with E-state index < -0.39 is 0 Å². The third-order valence-electron chi connectivity index (χ3n) is 4.33. The number of nitrogens with one attached hydrogen (secondary N) is 2. The Kier molecular flexibility index (Phi) is 5.50. The van der Waals surface area contributed by atoms with Gasteiger partial charge in [0.05, 0.1) is 12.2 Å². The molecule has 27 heavy (non-hydrogen) atoms. The van der Waals surface area contributed by atoms with Crippen LogP contribution in [0.2, 0.25) is 0 Å². The fourth-order valence-corrected chi connectivity index (χ4v) is 3.15. The van der Waals surface area contributed by atoms with Crippen molar-refractivity contribution in [3.63, 3.8) is 0 Å². The fraction of sp³-hybridized carbons (Fsp3) is 0.227. The van der Waals surface area contributed by atoms with Crippen molar-refractivity contribution in [1.82, 2.24) is 9.97 Å². The van der Waals surface area contributed by atoms with Crippen molar-refractivity contribution in [3.8, 4) is 11.3 Å². The second-order valence-corrected chi connectivity index (χ2v) is 6.75. The molecule has 5 heteroatoms. The number of hydrogen-bond donors (Lipinski definition) is 2. The first kappa shape index (κ1) is 18.6. The number of aryl methyl sites for hydroxylation is 4. The molecule has 0 aliphatic rings. The van der Waals surface area contributed by atoms with Gasteiger partial charge in [-0.1, -0.05) is 29.8 Å². The molecule has 0 saturated heterocycles. The summed E-state index contributed by atoms with van der Waals surface area (Å²) < 4.78 is 0. The van der Waals surface area contributed by atoms with Gasteiger partial charge in [-0.2, -0.15) is 0 Å². The lowest BCUT2D eigenvalue weighted by Crippen LogP contribution is -2.22. The van der Waals surface area contributed by atoms with Crippen LogP contribution in [0.5, 0.6) is 0 Å². The minimum atomic E-state index is -0.0756. The summed E-state index contributed by atoms with van der Waals surface area (Å²) in [5.74, 6) is 0.655. The molecule has 0 aliphatic heterocycles. The van der Waals surface area contributed by atoms with E-state index in [0.29, 0.717) is 0 Å². The Labute approximate surface area is 159 Å². The maximum Gasteiger partial charge on any atom is 0.243 e. The lowest BCUT2D eigenvalue weighted by Gasteiger charge is -2.14. The molecule has 0 spiro atoms. The summed E-state index contributed by atoms with van der Waals surface area (Å²) in [5, 5.41) is 6.19. The first-order valence-electron chi connectivity index (χ1n) is 8.94. The molecule has 1 aromatic heterocycles. The Morgan fingerprint density at radius 2 is 1.74 bits per heavy atom. The van der Waals surface area contributed by atoms with Gasteiger partial charge in [0.25, 0.3) is 0 Å². The molecule has 0 radical (unpaired) electrons. The largest absolute Gasteiger partial charge is 0.376 e. The topological polar surface area (TPSA) is 66.9 Å². The van der Waals surface area contributed by atoms with E-state index in [1.165, 1.54) is 5.56 Å². The second-order valence-electron chi connectivity index (χ2n) is 6.75. The van der Waals surface area contributed by atoms with Crippen LogP contribution in [0, 0.1) is 27.7 Å². The molecule has 0 unspecified atom stereocenters. The standard InChI is InChI=1S/C22H24N4O/c1-14-10-15(2)22(16(3)11-14)26-21(27)13-24-19-7-5-6-18(12-19)20-8-9-23-17(4)25-20/h5-12,24H,13H2,1-4H3,(H,26,27). The number of anilines is 2. The van der Waals surface area contributed by atoms with Crippen molar-refractivity contribution in [1.29, 1.82) is 0 Å². The predicted octanol–water partition coefficient (Wildman–Crippen LogP) is 4.43. The molecule has 1 amide bonds. The fourth-order valence-electron chi connectivity index (χ4n) is 3.15. The zero-order valence-corrected chi connectivity index (χ0v) is 16.1. The van der Waals surface area contributed by atoms with Gasteiger partial charge in [-0.3, -0.25) is 4.79 Å². The van der Waals surface area contributed by atoms with Crippen LogP contribution in [0.4, 0.5) is 11.4 Å².